The van der Waals surface area contributed by atoms with Crippen LogP contribution in [0.1, 0.15) is 33.1 Å². The predicted molar refractivity (Wildman–Crippen MR) is 70.7 cm³/mol. The van der Waals surface area contributed by atoms with Crippen molar-refractivity contribution in [3.05, 3.63) is 0 Å². The molecule has 1 heterocycles. The molecule has 0 radical (unpaired) electrons. The number of nitrogens with zero attached hydrogens (tertiary/aromatic N) is 1. The molecule has 100 valence electrons. The van der Waals surface area contributed by atoms with E-state index in [0.717, 1.165) is 13.1 Å². The molecule has 0 spiro atoms. The molecule has 0 bridgehead atoms. The minimum Gasteiger partial charge on any atom is -0.342 e. The summed E-state index contributed by atoms with van der Waals surface area (Å²) < 4.78 is 0. The van der Waals surface area contributed by atoms with Gasteiger partial charge in [-0.3, -0.25) is 4.79 Å². The minimum atomic E-state index is 0.138. The lowest BCUT2D eigenvalue weighted by Gasteiger charge is -2.30. The quantitative estimate of drug-likeness (QED) is 0.749. The molecular weight excluding hydrogens is 214 g/mol. The van der Waals surface area contributed by atoms with E-state index in [1.807, 2.05) is 14.0 Å². The van der Waals surface area contributed by atoms with Crippen LogP contribution in [-0.2, 0) is 4.79 Å². The summed E-state index contributed by atoms with van der Waals surface area (Å²) in [6.07, 6.45) is 3.13. The molecule has 17 heavy (non-hydrogen) atoms. The SMILES string of the molecule is CC(CC(=O)N(C)C(C)CN)C1CCCNC1. The van der Waals surface area contributed by atoms with Gasteiger partial charge < -0.3 is 16.0 Å². The highest BCUT2D eigenvalue weighted by Crippen LogP contribution is 2.23. The molecule has 0 aromatic rings. The first-order chi connectivity index (χ1) is 8.06. The van der Waals surface area contributed by atoms with E-state index in [1.165, 1.54) is 12.8 Å². The average molecular weight is 241 g/mol. The van der Waals surface area contributed by atoms with Crippen molar-refractivity contribution < 1.29 is 4.79 Å². The Morgan fingerprint density at radius 2 is 2.24 bits per heavy atom. The predicted octanol–water partition coefficient (Wildman–Crippen LogP) is 0.818. The summed E-state index contributed by atoms with van der Waals surface area (Å²) in [5, 5.41) is 3.41. The van der Waals surface area contributed by atoms with E-state index in [2.05, 4.69) is 12.2 Å². The Kier molecular flexibility index (Phi) is 5.92. The maximum Gasteiger partial charge on any atom is 0.222 e. The third kappa shape index (κ3) is 4.28. The summed E-state index contributed by atoms with van der Waals surface area (Å²) >= 11 is 0. The second kappa shape index (κ2) is 6.97. The molecular formula is C13H27N3O. The van der Waals surface area contributed by atoms with Gasteiger partial charge in [0.05, 0.1) is 0 Å². The van der Waals surface area contributed by atoms with Crippen LogP contribution in [0.25, 0.3) is 0 Å². The van der Waals surface area contributed by atoms with Crippen molar-refractivity contribution in [2.75, 3.05) is 26.7 Å². The molecule has 3 unspecified atom stereocenters. The van der Waals surface area contributed by atoms with Crippen molar-refractivity contribution >= 4 is 5.91 Å². The van der Waals surface area contributed by atoms with Crippen LogP contribution in [0, 0.1) is 11.8 Å². The Labute approximate surface area is 105 Å². The molecule has 0 aromatic heterocycles. The molecule has 1 fully saturated rings. The minimum absolute atomic E-state index is 0.138. The number of piperidine rings is 1. The third-order valence-corrected chi connectivity index (χ3v) is 4.03. The molecule has 1 saturated heterocycles. The number of amides is 1. The fraction of sp³-hybridized carbons (Fsp3) is 0.923. The Morgan fingerprint density at radius 1 is 1.53 bits per heavy atom. The Morgan fingerprint density at radius 3 is 2.76 bits per heavy atom. The summed E-state index contributed by atoms with van der Waals surface area (Å²) in [5.41, 5.74) is 5.58. The molecule has 3 atom stereocenters. The van der Waals surface area contributed by atoms with Crippen molar-refractivity contribution in [1.29, 1.82) is 0 Å². The van der Waals surface area contributed by atoms with Crippen LogP contribution in [0.4, 0.5) is 0 Å². The molecule has 1 rings (SSSR count). The number of hydrogen-bond acceptors (Lipinski definition) is 3. The standard InChI is InChI=1S/C13H27N3O/c1-10(12-5-4-6-15-9-12)7-13(17)16(3)11(2)8-14/h10-12,15H,4-9,14H2,1-3H3. The van der Waals surface area contributed by atoms with Gasteiger partial charge >= 0.3 is 0 Å². The average Bonchev–Trinajstić information content (AvgIpc) is 2.37. The van der Waals surface area contributed by atoms with Gasteiger partial charge in [-0.1, -0.05) is 6.92 Å². The highest BCUT2D eigenvalue weighted by atomic mass is 16.2. The van der Waals surface area contributed by atoms with Crippen molar-refractivity contribution in [1.82, 2.24) is 10.2 Å². The van der Waals surface area contributed by atoms with Crippen LogP contribution < -0.4 is 11.1 Å². The maximum absolute atomic E-state index is 12.0. The van der Waals surface area contributed by atoms with E-state index in [1.54, 1.807) is 4.90 Å². The van der Waals surface area contributed by atoms with Crippen LogP contribution in [0.5, 0.6) is 0 Å². The number of carbonyl (C=O) groups is 1. The smallest absolute Gasteiger partial charge is 0.222 e. The second-order valence-corrected chi connectivity index (χ2v) is 5.38. The Hall–Kier alpha value is -0.610. The molecule has 4 nitrogen and oxygen atoms in total. The van der Waals surface area contributed by atoms with E-state index in [9.17, 15) is 4.79 Å². The monoisotopic (exact) mass is 241 g/mol. The van der Waals surface area contributed by atoms with Gasteiger partial charge in [0, 0.05) is 26.1 Å². The summed E-state index contributed by atoms with van der Waals surface area (Å²) in [4.78, 5) is 13.8. The fourth-order valence-electron chi connectivity index (χ4n) is 2.35. The van der Waals surface area contributed by atoms with Gasteiger partial charge in [-0.25, -0.2) is 0 Å². The molecule has 0 aromatic carbocycles. The van der Waals surface area contributed by atoms with Gasteiger partial charge in [0.25, 0.3) is 0 Å². The number of hydrogen-bond donors (Lipinski definition) is 2. The van der Waals surface area contributed by atoms with E-state index in [4.69, 9.17) is 5.73 Å². The number of rotatable bonds is 5. The zero-order valence-electron chi connectivity index (χ0n) is 11.4. The van der Waals surface area contributed by atoms with E-state index in [0.29, 0.717) is 24.8 Å². The zero-order valence-corrected chi connectivity index (χ0v) is 11.4. The number of nitrogens with one attached hydrogen (secondary N) is 1. The normalized spacial score (nSPS) is 24.1. The summed E-state index contributed by atoms with van der Waals surface area (Å²) in [6, 6.07) is 0.138. The lowest BCUT2D eigenvalue weighted by Crippen LogP contribution is -2.41. The van der Waals surface area contributed by atoms with Crippen molar-refractivity contribution in [3.8, 4) is 0 Å². The van der Waals surface area contributed by atoms with Gasteiger partial charge in [-0.05, 0) is 44.7 Å². The first-order valence-electron chi connectivity index (χ1n) is 6.72. The molecule has 4 heteroatoms. The molecule has 1 aliphatic heterocycles. The highest BCUT2D eigenvalue weighted by Gasteiger charge is 2.24. The topological polar surface area (TPSA) is 58.4 Å². The first-order valence-corrected chi connectivity index (χ1v) is 6.72. The lowest BCUT2D eigenvalue weighted by molar-refractivity contribution is -0.132. The van der Waals surface area contributed by atoms with E-state index in [-0.39, 0.29) is 11.9 Å². The van der Waals surface area contributed by atoms with E-state index < -0.39 is 0 Å². The van der Waals surface area contributed by atoms with Gasteiger partial charge in [0.2, 0.25) is 5.91 Å². The van der Waals surface area contributed by atoms with Crippen molar-refractivity contribution in [3.63, 3.8) is 0 Å². The number of likely N-dealkylation sites (N-methyl/N-ethyl adjacent to an activating group) is 1. The fourth-order valence-corrected chi connectivity index (χ4v) is 2.35. The number of nitrogens with two attached hydrogens (primary N) is 1. The second-order valence-electron chi connectivity index (χ2n) is 5.38. The van der Waals surface area contributed by atoms with Crippen LogP contribution in [0.3, 0.4) is 0 Å². The Bertz CT molecular complexity index is 239. The highest BCUT2D eigenvalue weighted by molar-refractivity contribution is 5.76. The van der Waals surface area contributed by atoms with Gasteiger partial charge in [0.1, 0.15) is 0 Å². The summed E-state index contributed by atoms with van der Waals surface area (Å²) in [7, 11) is 1.85. The van der Waals surface area contributed by atoms with Crippen LogP contribution in [0.2, 0.25) is 0 Å². The third-order valence-electron chi connectivity index (χ3n) is 4.03. The van der Waals surface area contributed by atoms with Crippen LogP contribution in [-0.4, -0.2) is 43.5 Å². The van der Waals surface area contributed by atoms with Gasteiger partial charge in [-0.15, -0.1) is 0 Å². The molecule has 1 aliphatic rings. The van der Waals surface area contributed by atoms with Crippen molar-refractivity contribution in [2.45, 2.75) is 39.2 Å². The lowest BCUT2D eigenvalue weighted by atomic mass is 9.85. The van der Waals surface area contributed by atoms with Crippen LogP contribution in [0.15, 0.2) is 0 Å². The zero-order chi connectivity index (χ0) is 12.8. The first kappa shape index (κ1) is 14.5. The molecule has 0 saturated carbocycles. The molecule has 3 N–H and O–H groups in total. The molecule has 0 aliphatic carbocycles. The number of carbonyl (C=O) groups excluding carboxylic acids is 1. The largest absolute Gasteiger partial charge is 0.342 e. The van der Waals surface area contributed by atoms with Crippen molar-refractivity contribution in [2.24, 2.45) is 17.6 Å². The summed E-state index contributed by atoms with van der Waals surface area (Å²) in [5.74, 6) is 1.33. The van der Waals surface area contributed by atoms with E-state index >= 15 is 0 Å². The Balaban J connectivity index is 2.38. The maximum atomic E-state index is 12.0. The van der Waals surface area contributed by atoms with Gasteiger partial charge in [0.15, 0.2) is 0 Å². The van der Waals surface area contributed by atoms with Crippen LogP contribution >= 0.6 is 0 Å². The van der Waals surface area contributed by atoms with Gasteiger partial charge in [-0.2, -0.15) is 0 Å². The molecule has 1 amide bonds. The summed E-state index contributed by atoms with van der Waals surface area (Å²) in [6.45, 7) is 6.90.